The Kier molecular flexibility index (Phi) is 6.93. The van der Waals surface area contributed by atoms with Crippen molar-refractivity contribution in [3.63, 3.8) is 0 Å². The van der Waals surface area contributed by atoms with E-state index in [-0.39, 0.29) is 0 Å². The van der Waals surface area contributed by atoms with Crippen LogP contribution in [0.3, 0.4) is 0 Å². The van der Waals surface area contributed by atoms with Crippen molar-refractivity contribution >= 4 is 44.3 Å². The summed E-state index contributed by atoms with van der Waals surface area (Å²) in [6.45, 7) is 8.48. The minimum atomic E-state index is 0.385. The highest BCUT2D eigenvalue weighted by molar-refractivity contribution is 9.10. The molecule has 0 fully saturated rings. The van der Waals surface area contributed by atoms with Crippen LogP contribution in [-0.2, 0) is 7.05 Å². The maximum absolute atomic E-state index is 5.60. The summed E-state index contributed by atoms with van der Waals surface area (Å²) in [7, 11) is 7.97. The molecule has 0 aliphatic carbocycles. The lowest BCUT2D eigenvalue weighted by atomic mass is 10.2. The van der Waals surface area contributed by atoms with Crippen molar-refractivity contribution in [1.82, 2.24) is 14.5 Å². The Bertz CT molecular complexity index is 1030. The van der Waals surface area contributed by atoms with E-state index in [9.17, 15) is 0 Å². The van der Waals surface area contributed by atoms with Crippen LogP contribution in [0.15, 0.2) is 34.8 Å². The SMILES string of the molecule is COc1cc(Br)cc(C)c1Nc1nc2cccc(N(CCN(C)C)C(C)C)c2n1C. The molecule has 0 bridgehead atoms. The van der Waals surface area contributed by atoms with Crippen LogP contribution in [0.1, 0.15) is 19.4 Å². The second-order valence-corrected chi connectivity index (χ2v) is 9.07. The van der Waals surface area contributed by atoms with E-state index >= 15 is 0 Å². The summed E-state index contributed by atoms with van der Waals surface area (Å²) in [5.41, 5.74) is 5.31. The first-order chi connectivity index (χ1) is 14.2. The van der Waals surface area contributed by atoms with E-state index in [4.69, 9.17) is 9.72 Å². The Balaban J connectivity index is 2.06. The van der Waals surface area contributed by atoms with Crippen LogP contribution < -0.4 is 15.0 Å². The largest absolute Gasteiger partial charge is 0.495 e. The highest BCUT2D eigenvalue weighted by atomic mass is 79.9. The first kappa shape index (κ1) is 22.4. The molecular formula is C23H32BrN5O. The zero-order valence-electron chi connectivity index (χ0n) is 19.0. The fourth-order valence-electron chi connectivity index (χ4n) is 3.70. The lowest BCUT2D eigenvalue weighted by Crippen LogP contribution is -2.37. The molecule has 6 nitrogen and oxygen atoms in total. The predicted molar refractivity (Wildman–Crippen MR) is 130 cm³/mol. The Labute approximate surface area is 188 Å². The Morgan fingerprint density at radius 2 is 1.93 bits per heavy atom. The number of anilines is 3. The lowest BCUT2D eigenvalue weighted by Gasteiger charge is -2.31. The number of benzene rings is 2. The maximum atomic E-state index is 5.60. The molecule has 0 radical (unpaired) electrons. The van der Waals surface area contributed by atoms with E-state index in [0.29, 0.717) is 6.04 Å². The molecule has 2 aromatic carbocycles. The fraction of sp³-hybridized carbons (Fsp3) is 0.435. The summed E-state index contributed by atoms with van der Waals surface area (Å²) < 4.78 is 8.72. The molecule has 0 spiro atoms. The van der Waals surface area contributed by atoms with Gasteiger partial charge >= 0.3 is 0 Å². The van der Waals surface area contributed by atoms with Crippen molar-refractivity contribution in [1.29, 1.82) is 0 Å². The molecular weight excluding hydrogens is 442 g/mol. The number of nitrogens with one attached hydrogen (secondary N) is 1. The number of halogens is 1. The van der Waals surface area contributed by atoms with Crippen molar-refractivity contribution in [3.8, 4) is 5.75 Å². The standard InChI is InChI=1S/C23H32BrN5O/c1-15(2)29(12-11-27(4)5)19-10-8-9-18-22(19)28(6)23(25-18)26-21-16(3)13-17(24)14-20(21)30-7/h8-10,13-15H,11-12H2,1-7H3,(H,25,26). The van der Waals surface area contributed by atoms with E-state index < -0.39 is 0 Å². The number of aryl methyl sites for hydroxylation is 2. The summed E-state index contributed by atoms with van der Waals surface area (Å²) in [5, 5.41) is 3.50. The summed E-state index contributed by atoms with van der Waals surface area (Å²) >= 11 is 3.54. The third-order valence-corrected chi connectivity index (χ3v) is 5.77. The van der Waals surface area contributed by atoms with Gasteiger partial charge in [0.25, 0.3) is 0 Å². The number of nitrogens with zero attached hydrogens (tertiary/aromatic N) is 4. The quantitative estimate of drug-likeness (QED) is 0.488. The molecule has 30 heavy (non-hydrogen) atoms. The van der Waals surface area contributed by atoms with E-state index in [1.54, 1.807) is 7.11 Å². The van der Waals surface area contributed by atoms with Gasteiger partial charge in [-0.3, -0.25) is 0 Å². The summed E-state index contributed by atoms with van der Waals surface area (Å²) in [6, 6.07) is 10.8. The molecule has 1 heterocycles. The molecule has 3 aromatic rings. The topological polar surface area (TPSA) is 45.6 Å². The summed E-state index contributed by atoms with van der Waals surface area (Å²) in [5.74, 6) is 1.57. The third kappa shape index (κ3) is 4.57. The monoisotopic (exact) mass is 473 g/mol. The van der Waals surface area contributed by atoms with Gasteiger partial charge in [-0.15, -0.1) is 0 Å². The van der Waals surface area contributed by atoms with Gasteiger partial charge in [0.05, 0.1) is 29.5 Å². The average molecular weight is 474 g/mol. The molecule has 7 heteroatoms. The normalized spacial score (nSPS) is 11.5. The van der Waals surface area contributed by atoms with Crippen molar-refractivity contribution in [3.05, 3.63) is 40.4 Å². The number of ether oxygens (including phenoxy) is 1. The molecule has 162 valence electrons. The van der Waals surface area contributed by atoms with Gasteiger partial charge in [0, 0.05) is 30.7 Å². The van der Waals surface area contributed by atoms with Gasteiger partial charge in [-0.25, -0.2) is 4.98 Å². The van der Waals surface area contributed by atoms with Gasteiger partial charge in [0.1, 0.15) is 5.75 Å². The average Bonchev–Trinajstić information content (AvgIpc) is 2.99. The van der Waals surface area contributed by atoms with Crippen molar-refractivity contribution in [2.75, 3.05) is 44.5 Å². The first-order valence-corrected chi connectivity index (χ1v) is 11.0. The van der Waals surface area contributed by atoms with Crippen LogP contribution in [0, 0.1) is 6.92 Å². The number of likely N-dealkylation sites (N-methyl/N-ethyl adjacent to an activating group) is 1. The Hall–Kier alpha value is -2.25. The van der Waals surface area contributed by atoms with Gasteiger partial charge in [-0.1, -0.05) is 22.0 Å². The van der Waals surface area contributed by atoms with Crippen LogP contribution in [0.25, 0.3) is 11.0 Å². The first-order valence-electron chi connectivity index (χ1n) is 10.2. The van der Waals surface area contributed by atoms with Crippen LogP contribution >= 0.6 is 15.9 Å². The maximum Gasteiger partial charge on any atom is 0.208 e. The van der Waals surface area contributed by atoms with Gasteiger partial charge < -0.3 is 24.4 Å². The highest BCUT2D eigenvalue weighted by Crippen LogP contribution is 2.36. The zero-order chi connectivity index (χ0) is 22.0. The summed E-state index contributed by atoms with van der Waals surface area (Å²) in [4.78, 5) is 9.55. The van der Waals surface area contributed by atoms with Gasteiger partial charge in [-0.05, 0) is 64.7 Å². The molecule has 0 aliphatic rings. The minimum absolute atomic E-state index is 0.385. The number of hydrogen-bond acceptors (Lipinski definition) is 5. The van der Waals surface area contributed by atoms with Crippen LogP contribution in [0.4, 0.5) is 17.3 Å². The number of aromatic nitrogens is 2. The molecule has 3 rings (SSSR count). The van der Waals surface area contributed by atoms with Crippen LogP contribution in [0.5, 0.6) is 5.75 Å². The second-order valence-electron chi connectivity index (χ2n) is 8.15. The van der Waals surface area contributed by atoms with Crippen molar-refractivity contribution in [2.24, 2.45) is 7.05 Å². The highest BCUT2D eigenvalue weighted by Gasteiger charge is 2.19. The molecule has 1 aromatic heterocycles. The smallest absolute Gasteiger partial charge is 0.208 e. The summed E-state index contributed by atoms with van der Waals surface area (Å²) in [6.07, 6.45) is 0. The fourth-order valence-corrected chi connectivity index (χ4v) is 4.25. The third-order valence-electron chi connectivity index (χ3n) is 5.31. The molecule has 0 amide bonds. The molecule has 1 N–H and O–H groups in total. The zero-order valence-corrected chi connectivity index (χ0v) is 20.5. The van der Waals surface area contributed by atoms with Crippen molar-refractivity contribution in [2.45, 2.75) is 26.8 Å². The van der Waals surface area contributed by atoms with Gasteiger partial charge in [-0.2, -0.15) is 0 Å². The molecule has 0 atom stereocenters. The second kappa shape index (κ2) is 9.27. The molecule has 0 saturated heterocycles. The van der Waals surface area contributed by atoms with Gasteiger partial charge in [0.2, 0.25) is 5.95 Å². The predicted octanol–water partition coefficient (Wildman–Crippen LogP) is 5.17. The Morgan fingerprint density at radius 3 is 2.57 bits per heavy atom. The van der Waals surface area contributed by atoms with Gasteiger partial charge in [0.15, 0.2) is 0 Å². The number of para-hydroxylation sites is 1. The molecule has 0 saturated carbocycles. The number of rotatable bonds is 8. The number of imidazole rings is 1. The van der Waals surface area contributed by atoms with E-state index in [1.165, 1.54) is 5.69 Å². The number of methoxy groups -OCH3 is 1. The molecule has 0 aliphatic heterocycles. The van der Waals surface area contributed by atoms with E-state index in [2.05, 4.69) is 102 Å². The minimum Gasteiger partial charge on any atom is -0.495 e. The number of hydrogen-bond donors (Lipinski definition) is 1. The molecule has 0 unspecified atom stereocenters. The Morgan fingerprint density at radius 1 is 1.20 bits per heavy atom. The van der Waals surface area contributed by atoms with E-state index in [0.717, 1.165) is 51.5 Å². The number of fused-ring (bicyclic) bond motifs is 1. The van der Waals surface area contributed by atoms with Crippen molar-refractivity contribution < 1.29 is 4.74 Å². The van der Waals surface area contributed by atoms with E-state index in [1.807, 2.05) is 6.07 Å². The van der Waals surface area contributed by atoms with Crippen LogP contribution in [0.2, 0.25) is 0 Å². The lowest BCUT2D eigenvalue weighted by molar-refractivity contribution is 0.408. The van der Waals surface area contributed by atoms with Crippen LogP contribution in [-0.4, -0.2) is 54.8 Å².